The van der Waals surface area contributed by atoms with Crippen molar-refractivity contribution in [3.05, 3.63) is 47.5 Å². The number of anilines is 3. The van der Waals surface area contributed by atoms with Crippen molar-refractivity contribution in [2.24, 2.45) is 0 Å². The van der Waals surface area contributed by atoms with Crippen molar-refractivity contribution in [3.63, 3.8) is 0 Å². The zero-order chi connectivity index (χ0) is 22.1. The fourth-order valence-corrected chi connectivity index (χ4v) is 4.92. The molecule has 1 aliphatic heterocycles. The average molecular weight is 430 g/mol. The van der Waals surface area contributed by atoms with Crippen molar-refractivity contribution in [3.8, 4) is 0 Å². The van der Waals surface area contributed by atoms with E-state index in [0.717, 1.165) is 22.5 Å². The molecule has 7 nitrogen and oxygen atoms in total. The van der Waals surface area contributed by atoms with Crippen LogP contribution in [0.2, 0.25) is 0 Å². The molecule has 1 aliphatic rings. The molecule has 0 aromatic heterocycles. The van der Waals surface area contributed by atoms with Gasteiger partial charge >= 0.3 is 0 Å². The van der Waals surface area contributed by atoms with Gasteiger partial charge in [-0.25, -0.2) is 8.42 Å². The molecule has 0 saturated heterocycles. The highest BCUT2D eigenvalue weighted by Crippen LogP contribution is 2.30. The number of hydrogen-bond acceptors (Lipinski definition) is 5. The smallest absolute Gasteiger partial charge is 0.225 e. The molecule has 2 aromatic rings. The second-order valence-corrected chi connectivity index (χ2v) is 9.83. The summed E-state index contributed by atoms with van der Waals surface area (Å²) >= 11 is 0. The van der Waals surface area contributed by atoms with Crippen LogP contribution in [0, 0.1) is 6.92 Å². The standard InChI is InChI=1S/C22H27N3O4S/c1-15-5-6-18(14-21(15)24(3)4)23-22(27)10-12-30(28,29)19-7-8-20-17(13-19)9-11-25(20)16(2)26/h5-8,13-14H,9-12H2,1-4H3,(H,23,27). The van der Waals surface area contributed by atoms with Crippen molar-refractivity contribution in [2.45, 2.75) is 31.6 Å². The first-order valence-corrected chi connectivity index (χ1v) is 11.5. The molecule has 1 heterocycles. The van der Waals surface area contributed by atoms with Crippen molar-refractivity contribution in [2.75, 3.05) is 41.5 Å². The number of nitrogens with one attached hydrogen (secondary N) is 1. The van der Waals surface area contributed by atoms with Crippen molar-refractivity contribution < 1.29 is 18.0 Å². The third-order valence-corrected chi connectivity index (χ3v) is 6.97. The Hall–Kier alpha value is -2.87. The molecule has 8 heteroatoms. The van der Waals surface area contributed by atoms with Gasteiger partial charge in [-0.3, -0.25) is 9.59 Å². The number of hydrogen-bond donors (Lipinski definition) is 1. The van der Waals surface area contributed by atoms with Gasteiger partial charge in [0.1, 0.15) is 0 Å². The zero-order valence-corrected chi connectivity index (χ0v) is 18.5. The van der Waals surface area contributed by atoms with Crippen LogP contribution in [0.15, 0.2) is 41.3 Å². The quantitative estimate of drug-likeness (QED) is 0.763. The maximum absolute atomic E-state index is 12.7. The Labute approximate surface area is 177 Å². The van der Waals surface area contributed by atoms with Crippen molar-refractivity contribution in [1.82, 2.24) is 0 Å². The Morgan fingerprint density at radius 2 is 1.87 bits per heavy atom. The molecule has 2 amide bonds. The summed E-state index contributed by atoms with van der Waals surface area (Å²) in [6.07, 6.45) is 0.491. The van der Waals surface area contributed by atoms with E-state index in [1.165, 1.54) is 13.0 Å². The lowest BCUT2D eigenvalue weighted by atomic mass is 10.1. The highest BCUT2D eigenvalue weighted by atomic mass is 32.2. The Bertz CT molecular complexity index is 1090. The van der Waals surface area contributed by atoms with E-state index in [0.29, 0.717) is 18.7 Å². The summed E-state index contributed by atoms with van der Waals surface area (Å²) in [6, 6.07) is 10.4. The van der Waals surface area contributed by atoms with E-state index < -0.39 is 9.84 Å². The Morgan fingerprint density at radius 3 is 2.53 bits per heavy atom. The minimum absolute atomic E-state index is 0.0606. The van der Waals surface area contributed by atoms with Gasteiger partial charge in [-0.1, -0.05) is 6.07 Å². The highest BCUT2D eigenvalue weighted by molar-refractivity contribution is 7.91. The third kappa shape index (κ3) is 4.64. The van der Waals surface area contributed by atoms with Crippen LogP contribution >= 0.6 is 0 Å². The first-order chi connectivity index (χ1) is 14.1. The third-order valence-electron chi connectivity index (χ3n) is 5.26. The predicted molar refractivity (Wildman–Crippen MR) is 119 cm³/mol. The number of nitrogens with zero attached hydrogens (tertiary/aromatic N) is 2. The van der Waals surface area contributed by atoms with E-state index in [1.807, 2.05) is 38.1 Å². The van der Waals surface area contributed by atoms with E-state index in [-0.39, 0.29) is 28.9 Å². The molecule has 3 rings (SSSR count). The summed E-state index contributed by atoms with van der Waals surface area (Å²) < 4.78 is 25.5. The van der Waals surface area contributed by atoms with Crippen molar-refractivity contribution >= 4 is 38.7 Å². The largest absolute Gasteiger partial charge is 0.377 e. The number of rotatable bonds is 6. The van der Waals surface area contributed by atoms with Gasteiger partial charge in [-0.15, -0.1) is 0 Å². The second-order valence-electron chi connectivity index (χ2n) is 7.72. The van der Waals surface area contributed by atoms with E-state index >= 15 is 0 Å². The normalized spacial score (nSPS) is 13.1. The van der Waals surface area contributed by atoms with Gasteiger partial charge in [-0.05, 0) is 54.8 Å². The molecule has 0 saturated carbocycles. The molecule has 30 heavy (non-hydrogen) atoms. The van der Waals surface area contributed by atoms with Gasteiger partial charge < -0.3 is 15.1 Å². The minimum atomic E-state index is -3.61. The summed E-state index contributed by atoms with van der Waals surface area (Å²) in [4.78, 5) is 27.8. The van der Waals surface area contributed by atoms with Gasteiger partial charge in [0.05, 0.1) is 10.6 Å². The molecule has 0 bridgehead atoms. The Balaban J connectivity index is 1.66. The van der Waals surface area contributed by atoms with E-state index in [1.54, 1.807) is 23.1 Å². The maximum atomic E-state index is 12.7. The van der Waals surface area contributed by atoms with Crippen LogP contribution in [-0.2, 0) is 25.8 Å². The summed E-state index contributed by atoms with van der Waals surface area (Å²) in [7, 11) is 0.239. The van der Waals surface area contributed by atoms with Gasteiger partial charge in [0, 0.05) is 51.0 Å². The van der Waals surface area contributed by atoms with Crippen molar-refractivity contribution in [1.29, 1.82) is 0 Å². The maximum Gasteiger partial charge on any atom is 0.225 e. The van der Waals surface area contributed by atoms with E-state index in [4.69, 9.17) is 0 Å². The first-order valence-electron chi connectivity index (χ1n) is 9.80. The molecule has 0 atom stereocenters. The summed E-state index contributed by atoms with van der Waals surface area (Å²) in [5, 5.41) is 2.77. The van der Waals surface area contributed by atoms with Gasteiger partial charge in [0.15, 0.2) is 9.84 Å². The summed E-state index contributed by atoms with van der Waals surface area (Å²) in [5.41, 5.74) is 4.30. The molecule has 0 radical (unpaired) electrons. The molecule has 0 fully saturated rings. The van der Waals surface area contributed by atoms with Crippen LogP contribution in [0.5, 0.6) is 0 Å². The first kappa shape index (κ1) is 21.8. The Morgan fingerprint density at radius 1 is 1.13 bits per heavy atom. The Kier molecular flexibility index (Phi) is 6.17. The molecule has 2 aromatic carbocycles. The zero-order valence-electron chi connectivity index (χ0n) is 17.7. The summed E-state index contributed by atoms with van der Waals surface area (Å²) in [6.45, 7) is 4.04. The lowest BCUT2D eigenvalue weighted by Gasteiger charge is -2.17. The highest BCUT2D eigenvalue weighted by Gasteiger charge is 2.25. The van der Waals surface area contributed by atoms with Crippen LogP contribution in [-0.4, -0.2) is 46.6 Å². The molecule has 160 valence electrons. The number of benzene rings is 2. The van der Waals surface area contributed by atoms with Crippen LogP contribution < -0.4 is 15.1 Å². The molecule has 1 N–H and O–H groups in total. The lowest BCUT2D eigenvalue weighted by Crippen LogP contribution is -2.25. The van der Waals surface area contributed by atoms with Gasteiger partial charge in [0.2, 0.25) is 11.8 Å². The average Bonchev–Trinajstić information content (AvgIpc) is 3.11. The number of sulfone groups is 1. The fraction of sp³-hybridized carbons (Fsp3) is 0.364. The fourth-order valence-electron chi connectivity index (χ4n) is 3.64. The molecule has 0 unspecified atom stereocenters. The molecule has 0 aliphatic carbocycles. The van der Waals surface area contributed by atoms with Gasteiger partial charge in [0.25, 0.3) is 0 Å². The SMILES string of the molecule is CC(=O)N1CCc2cc(S(=O)(=O)CCC(=O)Nc3ccc(C)c(N(C)C)c3)ccc21. The number of carbonyl (C=O) groups is 2. The predicted octanol–water partition coefficient (Wildman–Crippen LogP) is 2.77. The van der Waals surface area contributed by atoms with E-state index in [9.17, 15) is 18.0 Å². The minimum Gasteiger partial charge on any atom is -0.377 e. The van der Waals surface area contributed by atoms with Crippen LogP contribution in [0.4, 0.5) is 17.1 Å². The molecular formula is C22H27N3O4S. The monoisotopic (exact) mass is 429 g/mol. The lowest BCUT2D eigenvalue weighted by molar-refractivity contribution is -0.117. The van der Waals surface area contributed by atoms with E-state index in [2.05, 4.69) is 5.32 Å². The van der Waals surface area contributed by atoms with Gasteiger partial charge in [-0.2, -0.15) is 0 Å². The molecular weight excluding hydrogens is 402 g/mol. The number of carbonyl (C=O) groups excluding carboxylic acids is 2. The van der Waals surface area contributed by atoms with Crippen LogP contribution in [0.1, 0.15) is 24.5 Å². The molecule has 0 spiro atoms. The van der Waals surface area contributed by atoms with Crippen LogP contribution in [0.25, 0.3) is 0 Å². The number of amides is 2. The second kappa shape index (κ2) is 8.47. The summed E-state index contributed by atoms with van der Waals surface area (Å²) in [5.74, 6) is -0.689. The van der Waals surface area contributed by atoms with Crippen LogP contribution in [0.3, 0.4) is 0 Å². The number of fused-ring (bicyclic) bond motifs is 1. The number of aryl methyl sites for hydroxylation is 1. The topological polar surface area (TPSA) is 86.8 Å².